The summed E-state index contributed by atoms with van der Waals surface area (Å²) in [5, 5.41) is 0. The van der Waals surface area contributed by atoms with Crippen LogP contribution in [0.5, 0.6) is 0 Å². The first-order valence-corrected chi connectivity index (χ1v) is 8.53. The Labute approximate surface area is 121 Å². The second-order valence-electron chi connectivity index (χ2n) is 3.48. The summed E-state index contributed by atoms with van der Waals surface area (Å²) in [6.45, 7) is 6.73. The number of hydrogen-bond donors (Lipinski definition) is 1. The Kier molecular flexibility index (Phi) is 9.92. The Hall–Kier alpha value is -0.560. The summed E-state index contributed by atoms with van der Waals surface area (Å²) in [4.78, 5) is -0.0278. The van der Waals surface area contributed by atoms with E-state index in [2.05, 4.69) is 0 Å². The van der Waals surface area contributed by atoms with Crippen LogP contribution in [0.3, 0.4) is 0 Å². The number of benzene rings is 1. The average molecular weight is 324 g/mol. The third kappa shape index (κ3) is 7.89. The van der Waals surface area contributed by atoms with Gasteiger partial charge in [0.15, 0.2) is 0 Å². The van der Waals surface area contributed by atoms with Crippen LogP contribution >= 0.6 is 8.60 Å². The zero-order valence-corrected chi connectivity index (χ0v) is 13.8. The zero-order valence-electron chi connectivity index (χ0n) is 12.1. The highest BCUT2D eigenvalue weighted by molar-refractivity contribution is 7.85. The van der Waals surface area contributed by atoms with Crippen molar-refractivity contribution >= 4 is 18.7 Å². The van der Waals surface area contributed by atoms with Crippen LogP contribution in [0.15, 0.2) is 29.2 Å². The third-order valence-corrected chi connectivity index (χ3v) is 4.24. The minimum Gasteiger partial charge on any atom is -0.316 e. The SMILES string of the molecule is CCOP(OC)OCC.Cc1ccccc1S(=O)(=O)O. The predicted molar refractivity (Wildman–Crippen MR) is 78.2 cm³/mol. The second kappa shape index (κ2) is 10.2. The maximum atomic E-state index is 10.6. The van der Waals surface area contributed by atoms with Gasteiger partial charge in [-0.15, -0.1) is 0 Å². The van der Waals surface area contributed by atoms with Gasteiger partial charge in [0.05, 0.1) is 18.1 Å². The Morgan fingerprint density at radius 3 is 1.95 bits per heavy atom. The van der Waals surface area contributed by atoms with E-state index >= 15 is 0 Å². The number of rotatable bonds is 6. The number of aryl methyl sites for hydroxylation is 1. The standard InChI is InChI=1S/C7H8O3S.C5H13O3P/c1-6-4-2-3-5-7(6)11(8,9)10;1-4-7-9(6-3)8-5-2/h2-5H,1H3,(H,8,9,10);4-5H2,1-3H3. The molecule has 0 unspecified atom stereocenters. The van der Waals surface area contributed by atoms with E-state index in [1.165, 1.54) is 6.07 Å². The summed E-state index contributed by atoms with van der Waals surface area (Å²) in [6.07, 6.45) is 0. The van der Waals surface area contributed by atoms with Gasteiger partial charge >= 0.3 is 8.60 Å². The van der Waals surface area contributed by atoms with E-state index < -0.39 is 18.7 Å². The highest BCUT2D eigenvalue weighted by Crippen LogP contribution is 2.37. The summed E-state index contributed by atoms with van der Waals surface area (Å²) < 4.78 is 44.8. The molecule has 0 aromatic heterocycles. The van der Waals surface area contributed by atoms with Gasteiger partial charge in [-0.25, -0.2) is 0 Å². The highest BCUT2D eigenvalue weighted by Gasteiger charge is 2.10. The molecule has 1 aromatic carbocycles. The molecule has 0 fully saturated rings. The van der Waals surface area contributed by atoms with E-state index in [0.29, 0.717) is 18.8 Å². The smallest absolute Gasteiger partial charge is 0.316 e. The molecule has 0 aliphatic heterocycles. The topological polar surface area (TPSA) is 82.1 Å². The average Bonchev–Trinajstić information content (AvgIpc) is 2.38. The van der Waals surface area contributed by atoms with Crippen LogP contribution in [0, 0.1) is 6.92 Å². The van der Waals surface area contributed by atoms with Crippen molar-refractivity contribution < 1.29 is 26.5 Å². The van der Waals surface area contributed by atoms with Gasteiger partial charge in [-0.2, -0.15) is 8.42 Å². The second-order valence-corrected chi connectivity index (χ2v) is 6.20. The maximum absolute atomic E-state index is 10.6. The summed E-state index contributed by atoms with van der Waals surface area (Å²) in [7, 11) is -3.51. The van der Waals surface area contributed by atoms with Crippen LogP contribution < -0.4 is 0 Å². The first-order chi connectivity index (χ1) is 9.36. The van der Waals surface area contributed by atoms with Crippen molar-refractivity contribution in [3.05, 3.63) is 29.8 Å². The summed E-state index contributed by atoms with van der Waals surface area (Å²) >= 11 is 0. The molecule has 8 heteroatoms. The fourth-order valence-electron chi connectivity index (χ4n) is 1.20. The lowest BCUT2D eigenvalue weighted by atomic mass is 10.2. The van der Waals surface area contributed by atoms with Gasteiger partial charge in [-0.05, 0) is 32.4 Å². The van der Waals surface area contributed by atoms with Gasteiger partial charge in [0.25, 0.3) is 10.1 Å². The number of hydrogen-bond acceptors (Lipinski definition) is 5. The molecule has 0 bridgehead atoms. The fourth-order valence-corrected chi connectivity index (χ4v) is 2.63. The van der Waals surface area contributed by atoms with Crippen molar-refractivity contribution in [1.29, 1.82) is 0 Å². The molecular weight excluding hydrogens is 303 g/mol. The van der Waals surface area contributed by atoms with E-state index in [9.17, 15) is 8.42 Å². The first-order valence-electron chi connectivity index (χ1n) is 5.99. The van der Waals surface area contributed by atoms with Crippen molar-refractivity contribution in [2.75, 3.05) is 20.3 Å². The molecule has 0 spiro atoms. The molecule has 0 amide bonds. The summed E-state index contributed by atoms with van der Waals surface area (Å²) in [6, 6.07) is 6.27. The lowest BCUT2D eigenvalue weighted by Crippen LogP contribution is -1.99. The zero-order chi connectivity index (χ0) is 15.6. The van der Waals surface area contributed by atoms with E-state index in [1.807, 2.05) is 13.8 Å². The van der Waals surface area contributed by atoms with Crippen LogP contribution in [-0.2, 0) is 23.7 Å². The van der Waals surface area contributed by atoms with Crippen molar-refractivity contribution in [2.24, 2.45) is 0 Å². The van der Waals surface area contributed by atoms with Gasteiger partial charge in [0.1, 0.15) is 0 Å². The fraction of sp³-hybridized carbons (Fsp3) is 0.500. The van der Waals surface area contributed by atoms with Gasteiger partial charge in [0, 0.05) is 7.11 Å². The van der Waals surface area contributed by atoms with Crippen LogP contribution in [0.4, 0.5) is 0 Å². The van der Waals surface area contributed by atoms with Gasteiger partial charge in [-0.3, -0.25) is 4.55 Å². The molecule has 0 heterocycles. The van der Waals surface area contributed by atoms with E-state index in [0.717, 1.165) is 0 Å². The molecule has 0 aliphatic carbocycles. The first kappa shape index (κ1) is 19.4. The van der Waals surface area contributed by atoms with Crippen molar-refractivity contribution in [3.8, 4) is 0 Å². The molecule has 6 nitrogen and oxygen atoms in total. The molecule has 1 N–H and O–H groups in total. The Morgan fingerprint density at radius 1 is 1.15 bits per heavy atom. The molecule has 0 atom stereocenters. The van der Waals surface area contributed by atoms with Crippen LogP contribution in [0.2, 0.25) is 0 Å². The largest absolute Gasteiger partial charge is 0.332 e. The summed E-state index contributed by atoms with van der Waals surface area (Å²) in [5.74, 6) is 0. The van der Waals surface area contributed by atoms with E-state index in [4.69, 9.17) is 18.1 Å². The molecule has 0 aliphatic rings. The Bertz CT molecular complexity index is 471. The lowest BCUT2D eigenvalue weighted by molar-refractivity contribution is 0.194. The maximum Gasteiger partial charge on any atom is 0.332 e. The molecule has 20 heavy (non-hydrogen) atoms. The molecule has 0 saturated carbocycles. The van der Waals surface area contributed by atoms with Crippen molar-refractivity contribution in [3.63, 3.8) is 0 Å². The molecular formula is C12H21O6PS. The predicted octanol–water partition coefficient (Wildman–Crippen LogP) is 3.17. The molecule has 0 radical (unpaired) electrons. The van der Waals surface area contributed by atoms with E-state index in [-0.39, 0.29) is 4.90 Å². The van der Waals surface area contributed by atoms with Crippen LogP contribution in [0.25, 0.3) is 0 Å². The minimum absolute atomic E-state index is 0.0278. The Balaban J connectivity index is 0.000000370. The monoisotopic (exact) mass is 324 g/mol. The third-order valence-electron chi connectivity index (χ3n) is 1.99. The summed E-state index contributed by atoms with van der Waals surface area (Å²) in [5.41, 5.74) is 0.551. The lowest BCUT2D eigenvalue weighted by Gasteiger charge is -2.10. The quantitative estimate of drug-likeness (QED) is 0.639. The van der Waals surface area contributed by atoms with Gasteiger partial charge in [0.2, 0.25) is 0 Å². The molecule has 0 saturated heterocycles. The Morgan fingerprint density at radius 2 is 1.65 bits per heavy atom. The normalized spacial score (nSPS) is 11.1. The highest BCUT2D eigenvalue weighted by atomic mass is 32.2. The van der Waals surface area contributed by atoms with Crippen LogP contribution in [-0.4, -0.2) is 33.3 Å². The molecule has 1 aromatic rings. The minimum atomic E-state index is -4.03. The molecule has 1 rings (SSSR count). The van der Waals surface area contributed by atoms with Crippen LogP contribution in [0.1, 0.15) is 19.4 Å². The molecule has 116 valence electrons. The van der Waals surface area contributed by atoms with E-state index in [1.54, 1.807) is 32.2 Å². The van der Waals surface area contributed by atoms with Gasteiger partial charge in [-0.1, -0.05) is 18.2 Å². The van der Waals surface area contributed by atoms with Crippen molar-refractivity contribution in [2.45, 2.75) is 25.7 Å². The van der Waals surface area contributed by atoms with Gasteiger partial charge < -0.3 is 13.6 Å². The van der Waals surface area contributed by atoms with Crippen molar-refractivity contribution in [1.82, 2.24) is 0 Å².